The molecule has 31 heavy (non-hydrogen) atoms. The summed E-state index contributed by atoms with van der Waals surface area (Å²) in [5.41, 5.74) is -1.51. The lowest BCUT2D eigenvalue weighted by Crippen LogP contribution is -2.46. The van der Waals surface area contributed by atoms with Crippen molar-refractivity contribution in [2.45, 2.75) is 89.3 Å². The zero-order chi connectivity index (χ0) is 23.6. The SMILES string of the molecule is CO[C@@H]1[C@@H](C[SH](=O)=O)[C@H](CC(O)CO)O[C@@H]1C[C@H]1CN(C(=O)OC(C)(C)C)C(C)(C)O1. The summed E-state index contributed by atoms with van der Waals surface area (Å²) in [5, 5.41) is 19.0. The highest BCUT2D eigenvalue weighted by Gasteiger charge is 2.50. The molecule has 1 amide bonds. The number of carbonyl (C=O) groups excluding carboxylic acids is 1. The molecular weight excluding hydrogens is 430 g/mol. The van der Waals surface area contributed by atoms with Gasteiger partial charge in [0.2, 0.25) is 0 Å². The first kappa shape index (κ1) is 26.3. The lowest BCUT2D eigenvalue weighted by Gasteiger charge is -2.31. The van der Waals surface area contributed by atoms with E-state index in [4.69, 9.17) is 18.9 Å². The molecule has 0 bridgehead atoms. The number of aliphatic hydroxyl groups excluding tert-OH is 2. The van der Waals surface area contributed by atoms with Crippen LogP contribution >= 0.6 is 0 Å². The molecule has 2 aliphatic heterocycles. The molecule has 0 radical (unpaired) electrons. The zero-order valence-electron chi connectivity index (χ0n) is 19.1. The number of methoxy groups -OCH3 is 1. The van der Waals surface area contributed by atoms with Gasteiger partial charge in [0.25, 0.3) is 0 Å². The van der Waals surface area contributed by atoms with E-state index in [9.17, 15) is 23.4 Å². The normalized spacial score (nSPS) is 31.9. The van der Waals surface area contributed by atoms with Gasteiger partial charge in [-0.15, -0.1) is 0 Å². The van der Waals surface area contributed by atoms with E-state index < -0.39 is 65.1 Å². The molecule has 0 aromatic heterocycles. The highest BCUT2D eigenvalue weighted by molar-refractivity contribution is 7.72. The van der Waals surface area contributed by atoms with Crippen LogP contribution in [0.3, 0.4) is 0 Å². The maximum atomic E-state index is 12.6. The summed E-state index contributed by atoms with van der Waals surface area (Å²) < 4.78 is 46.1. The Labute approximate surface area is 185 Å². The Hall–Kier alpha value is -0.980. The molecule has 0 saturated carbocycles. The average Bonchev–Trinajstić information content (AvgIpc) is 3.09. The molecule has 2 aliphatic rings. The fourth-order valence-electron chi connectivity index (χ4n) is 4.30. The van der Waals surface area contributed by atoms with Crippen molar-refractivity contribution in [1.82, 2.24) is 4.90 Å². The van der Waals surface area contributed by atoms with E-state index in [2.05, 4.69) is 0 Å². The topological polar surface area (TPSA) is 132 Å². The van der Waals surface area contributed by atoms with Crippen LogP contribution in [0.15, 0.2) is 0 Å². The van der Waals surface area contributed by atoms with Gasteiger partial charge in [-0.2, -0.15) is 0 Å². The minimum atomic E-state index is -2.68. The monoisotopic (exact) mass is 467 g/mol. The average molecular weight is 468 g/mol. The van der Waals surface area contributed by atoms with E-state index in [-0.39, 0.29) is 18.3 Å². The smallest absolute Gasteiger partial charge is 0.412 e. The van der Waals surface area contributed by atoms with Crippen LogP contribution in [0, 0.1) is 5.92 Å². The molecule has 2 fully saturated rings. The van der Waals surface area contributed by atoms with Gasteiger partial charge in [0.15, 0.2) is 0 Å². The van der Waals surface area contributed by atoms with Gasteiger partial charge < -0.3 is 29.2 Å². The first-order valence-electron chi connectivity index (χ1n) is 10.5. The Balaban J connectivity index is 2.12. The number of amides is 1. The largest absolute Gasteiger partial charge is 0.444 e. The number of hydrogen-bond donors (Lipinski definition) is 3. The van der Waals surface area contributed by atoms with Crippen molar-refractivity contribution in [3.05, 3.63) is 0 Å². The van der Waals surface area contributed by atoms with Crippen molar-refractivity contribution in [2.24, 2.45) is 5.92 Å². The summed E-state index contributed by atoms with van der Waals surface area (Å²) in [5.74, 6) is -0.623. The molecule has 2 saturated heterocycles. The third-order valence-corrected chi connectivity index (χ3v) is 6.28. The van der Waals surface area contributed by atoms with E-state index in [0.717, 1.165) is 0 Å². The van der Waals surface area contributed by atoms with E-state index in [1.807, 2.05) is 0 Å². The van der Waals surface area contributed by atoms with Crippen LogP contribution in [0.4, 0.5) is 4.79 Å². The predicted octanol–water partition coefficient (Wildman–Crippen LogP) is 0.502. The molecule has 0 aromatic rings. The van der Waals surface area contributed by atoms with Gasteiger partial charge in [0, 0.05) is 25.9 Å². The number of hydrogen-bond acceptors (Lipinski definition) is 9. The summed E-state index contributed by atoms with van der Waals surface area (Å²) in [4.78, 5) is 14.1. The van der Waals surface area contributed by atoms with Crippen LogP contribution in [0.25, 0.3) is 0 Å². The molecule has 6 atom stereocenters. The van der Waals surface area contributed by atoms with E-state index >= 15 is 0 Å². The zero-order valence-corrected chi connectivity index (χ0v) is 20.0. The van der Waals surface area contributed by atoms with Gasteiger partial charge in [0.05, 0.1) is 49.4 Å². The lowest BCUT2D eigenvalue weighted by atomic mass is 9.93. The van der Waals surface area contributed by atoms with Gasteiger partial charge in [0.1, 0.15) is 22.0 Å². The summed E-state index contributed by atoms with van der Waals surface area (Å²) in [7, 11) is -1.19. The first-order valence-corrected chi connectivity index (χ1v) is 11.9. The fraction of sp³-hybridized carbons (Fsp3) is 0.950. The van der Waals surface area contributed by atoms with Crippen LogP contribution in [-0.2, 0) is 29.7 Å². The molecule has 2 heterocycles. The first-order chi connectivity index (χ1) is 14.3. The standard InChI is InChI=1S/C20H37NO9S/c1-19(2,3)30-18(24)21-9-13(29-20(21,4)5)8-16-17(27-6)14(11-31(25)26)15(28-16)7-12(23)10-22/h12-17,22-23,31H,7-11H2,1-6H3/t12?,13-,14-,15-,16+,17+/m0/s1. The van der Waals surface area contributed by atoms with Crippen molar-refractivity contribution in [1.29, 1.82) is 0 Å². The summed E-state index contributed by atoms with van der Waals surface area (Å²) in [6.45, 7) is 8.81. The van der Waals surface area contributed by atoms with E-state index in [1.165, 1.54) is 12.0 Å². The third kappa shape index (κ3) is 7.00. The van der Waals surface area contributed by atoms with Gasteiger partial charge in [-0.1, -0.05) is 0 Å². The molecule has 0 aliphatic carbocycles. The van der Waals surface area contributed by atoms with Crippen molar-refractivity contribution >= 4 is 16.8 Å². The quantitative estimate of drug-likeness (QED) is 0.437. The molecule has 10 nitrogen and oxygen atoms in total. The van der Waals surface area contributed by atoms with Crippen molar-refractivity contribution in [3.63, 3.8) is 0 Å². The van der Waals surface area contributed by atoms with Crippen LogP contribution in [-0.4, -0.2) is 97.5 Å². The number of aliphatic hydroxyl groups is 2. The highest BCUT2D eigenvalue weighted by atomic mass is 32.2. The van der Waals surface area contributed by atoms with Gasteiger partial charge >= 0.3 is 6.09 Å². The van der Waals surface area contributed by atoms with Gasteiger partial charge in [-0.05, 0) is 34.6 Å². The van der Waals surface area contributed by atoms with Crippen LogP contribution < -0.4 is 0 Å². The van der Waals surface area contributed by atoms with Crippen LogP contribution in [0.5, 0.6) is 0 Å². The van der Waals surface area contributed by atoms with E-state index in [0.29, 0.717) is 13.0 Å². The summed E-state index contributed by atoms with van der Waals surface area (Å²) in [6, 6.07) is 0. The van der Waals surface area contributed by atoms with Crippen molar-refractivity contribution in [2.75, 3.05) is 26.0 Å². The summed E-state index contributed by atoms with van der Waals surface area (Å²) >= 11 is 0. The highest BCUT2D eigenvalue weighted by Crippen LogP contribution is 2.37. The number of nitrogens with zero attached hydrogens (tertiary/aromatic N) is 1. The second kappa shape index (κ2) is 10.3. The number of carbonyl (C=O) groups is 1. The Morgan fingerprint density at radius 2 is 1.94 bits per heavy atom. The van der Waals surface area contributed by atoms with Gasteiger partial charge in [-0.25, -0.2) is 13.2 Å². The van der Waals surface area contributed by atoms with Crippen molar-refractivity contribution in [3.8, 4) is 0 Å². The molecule has 2 N–H and O–H groups in total. The van der Waals surface area contributed by atoms with Gasteiger partial charge in [-0.3, -0.25) is 4.90 Å². The minimum absolute atomic E-state index is 0.0990. The number of thiol groups is 1. The second-order valence-electron chi connectivity index (χ2n) is 9.68. The Bertz CT molecular complexity index is 683. The van der Waals surface area contributed by atoms with Crippen LogP contribution in [0.2, 0.25) is 0 Å². The lowest BCUT2D eigenvalue weighted by molar-refractivity contribution is -0.0959. The summed E-state index contributed by atoms with van der Waals surface area (Å²) in [6.07, 6.45) is -2.97. The van der Waals surface area contributed by atoms with Crippen LogP contribution in [0.1, 0.15) is 47.5 Å². The molecule has 1 unspecified atom stereocenters. The van der Waals surface area contributed by atoms with E-state index in [1.54, 1.807) is 34.6 Å². The Morgan fingerprint density at radius 3 is 2.45 bits per heavy atom. The fourth-order valence-corrected chi connectivity index (χ4v) is 5.09. The molecule has 182 valence electrons. The molecule has 11 heteroatoms. The maximum absolute atomic E-state index is 12.6. The Morgan fingerprint density at radius 1 is 1.29 bits per heavy atom. The van der Waals surface area contributed by atoms with Crippen molar-refractivity contribution < 1.29 is 42.4 Å². The Kier molecular flexibility index (Phi) is 8.73. The molecule has 0 aromatic carbocycles. The minimum Gasteiger partial charge on any atom is -0.444 e. The number of rotatable bonds is 8. The molecule has 0 spiro atoms. The maximum Gasteiger partial charge on any atom is 0.412 e. The predicted molar refractivity (Wildman–Crippen MR) is 112 cm³/mol. The molecular formula is C20H37NO9S. The number of ether oxygens (including phenoxy) is 4. The third-order valence-electron chi connectivity index (χ3n) is 5.56. The molecule has 2 rings (SSSR count). The second-order valence-corrected chi connectivity index (χ2v) is 10.7.